The zero-order chi connectivity index (χ0) is 17.1. The van der Waals surface area contributed by atoms with Crippen LogP contribution in [-0.2, 0) is 0 Å². The van der Waals surface area contributed by atoms with Gasteiger partial charge in [-0.1, -0.05) is 0 Å². The molecule has 0 aromatic heterocycles. The molecule has 6 N–H and O–H groups in total. The van der Waals surface area contributed by atoms with E-state index in [1.165, 1.54) is 24.3 Å². The Hall–Kier alpha value is -3.54. The highest BCUT2D eigenvalue weighted by atomic mass is 16.3. The molecule has 0 amide bonds. The zero-order valence-electron chi connectivity index (χ0n) is 12.6. The van der Waals surface area contributed by atoms with Crippen LogP contribution in [0.4, 0.5) is 22.7 Å². The zero-order valence-corrected chi connectivity index (χ0v) is 12.6. The van der Waals surface area contributed by atoms with E-state index >= 15 is 0 Å². The van der Waals surface area contributed by atoms with E-state index < -0.39 is 0 Å². The maximum absolute atomic E-state index is 9.49. The predicted octanol–water partition coefficient (Wildman–Crippen LogP) is 4.00. The van der Waals surface area contributed by atoms with Crippen LogP contribution in [0, 0.1) is 0 Å². The van der Waals surface area contributed by atoms with E-state index in [1.54, 1.807) is 12.1 Å². The van der Waals surface area contributed by atoms with Gasteiger partial charge in [-0.25, -0.2) is 0 Å². The summed E-state index contributed by atoms with van der Waals surface area (Å²) in [6, 6.07) is 16.3. The van der Waals surface area contributed by atoms with Crippen molar-refractivity contribution < 1.29 is 20.4 Å². The van der Waals surface area contributed by atoms with Crippen LogP contribution < -0.4 is 10.6 Å². The van der Waals surface area contributed by atoms with Crippen molar-refractivity contribution in [2.45, 2.75) is 0 Å². The van der Waals surface area contributed by atoms with Gasteiger partial charge in [-0.05, 0) is 48.5 Å². The quantitative estimate of drug-likeness (QED) is 0.320. The minimum absolute atomic E-state index is 0.169. The van der Waals surface area contributed by atoms with Crippen molar-refractivity contribution in [1.29, 1.82) is 0 Å². The van der Waals surface area contributed by atoms with Crippen molar-refractivity contribution >= 4 is 22.7 Å². The van der Waals surface area contributed by atoms with Crippen molar-refractivity contribution in [1.82, 2.24) is 0 Å². The summed E-state index contributed by atoms with van der Waals surface area (Å²) < 4.78 is 0. The first-order valence-electron chi connectivity index (χ1n) is 7.19. The highest BCUT2D eigenvalue weighted by Crippen LogP contribution is 2.31. The van der Waals surface area contributed by atoms with Crippen molar-refractivity contribution in [3.63, 3.8) is 0 Å². The lowest BCUT2D eigenvalue weighted by atomic mass is 10.2. The fourth-order valence-electron chi connectivity index (χ4n) is 2.17. The van der Waals surface area contributed by atoms with Crippen LogP contribution in [0.25, 0.3) is 0 Å². The lowest BCUT2D eigenvalue weighted by Crippen LogP contribution is -1.92. The highest BCUT2D eigenvalue weighted by molar-refractivity contribution is 5.68. The molecule has 0 saturated carbocycles. The van der Waals surface area contributed by atoms with Gasteiger partial charge in [0.2, 0.25) is 0 Å². The summed E-state index contributed by atoms with van der Waals surface area (Å²) in [5, 5.41) is 43.8. The third kappa shape index (κ3) is 3.44. The summed E-state index contributed by atoms with van der Waals surface area (Å²) in [4.78, 5) is 0. The Bertz CT molecular complexity index is 791. The number of anilines is 4. The minimum Gasteiger partial charge on any atom is -0.504 e. The number of nitrogens with one attached hydrogen (secondary N) is 2. The first kappa shape index (κ1) is 15.4. The molecule has 3 aromatic rings. The van der Waals surface area contributed by atoms with Gasteiger partial charge in [0, 0.05) is 34.9 Å². The summed E-state index contributed by atoms with van der Waals surface area (Å²) in [7, 11) is 0. The fourth-order valence-corrected chi connectivity index (χ4v) is 2.17. The number of phenolic OH excluding ortho intramolecular Hbond substituents is 4. The molecule has 0 unspecified atom stereocenters. The van der Waals surface area contributed by atoms with E-state index in [1.807, 2.05) is 24.3 Å². The molecule has 122 valence electrons. The Labute approximate surface area is 138 Å². The topological polar surface area (TPSA) is 105 Å². The second-order valence-corrected chi connectivity index (χ2v) is 5.23. The maximum Gasteiger partial charge on any atom is 0.159 e. The summed E-state index contributed by atoms with van der Waals surface area (Å²) in [6.45, 7) is 0. The van der Waals surface area contributed by atoms with E-state index in [9.17, 15) is 20.4 Å². The van der Waals surface area contributed by atoms with Crippen LogP contribution in [0.1, 0.15) is 0 Å². The molecule has 0 aliphatic carbocycles. The van der Waals surface area contributed by atoms with Gasteiger partial charge in [-0.2, -0.15) is 0 Å². The molecule has 3 rings (SSSR count). The molecule has 24 heavy (non-hydrogen) atoms. The molecule has 6 nitrogen and oxygen atoms in total. The van der Waals surface area contributed by atoms with E-state index in [0.29, 0.717) is 11.4 Å². The van der Waals surface area contributed by atoms with Gasteiger partial charge in [-0.3, -0.25) is 0 Å². The van der Waals surface area contributed by atoms with Gasteiger partial charge in [0.15, 0.2) is 23.0 Å². The molecule has 0 atom stereocenters. The lowest BCUT2D eigenvalue weighted by molar-refractivity contribution is 0.404. The largest absolute Gasteiger partial charge is 0.504 e. The Morgan fingerprint density at radius 1 is 0.417 bits per heavy atom. The number of aromatic hydroxyl groups is 4. The van der Waals surface area contributed by atoms with Gasteiger partial charge in [-0.15, -0.1) is 0 Å². The number of hydrogen-bond acceptors (Lipinski definition) is 6. The summed E-state index contributed by atoms with van der Waals surface area (Å²) >= 11 is 0. The van der Waals surface area contributed by atoms with Gasteiger partial charge < -0.3 is 31.1 Å². The van der Waals surface area contributed by atoms with E-state index in [2.05, 4.69) is 10.6 Å². The van der Waals surface area contributed by atoms with Crippen molar-refractivity contribution in [2.24, 2.45) is 0 Å². The number of hydrogen-bond donors (Lipinski definition) is 6. The van der Waals surface area contributed by atoms with Crippen LogP contribution in [0.5, 0.6) is 23.0 Å². The molecule has 0 saturated heterocycles. The van der Waals surface area contributed by atoms with E-state index in [0.717, 1.165) is 11.4 Å². The average molecular weight is 324 g/mol. The first-order chi connectivity index (χ1) is 11.5. The summed E-state index contributed by atoms with van der Waals surface area (Å²) in [5.74, 6) is -0.717. The molecule has 0 aliphatic rings. The second-order valence-electron chi connectivity index (χ2n) is 5.23. The molecular formula is C18H16N2O4. The molecule has 0 fully saturated rings. The van der Waals surface area contributed by atoms with Crippen LogP contribution in [0.15, 0.2) is 60.7 Å². The SMILES string of the molecule is Oc1ccc(Nc2ccc(Nc3ccc(O)c(O)c3)cc2)cc1O. The summed E-state index contributed by atoms with van der Waals surface area (Å²) in [6.07, 6.45) is 0. The van der Waals surface area contributed by atoms with Crippen LogP contribution in [0.3, 0.4) is 0 Å². The lowest BCUT2D eigenvalue weighted by Gasteiger charge is -2.10. The van der Waals surface area contributed by atoms with Crippen LogP contribution in [0.2, 0.25) is 0 Å². The van der Waals surface area contributed by atoms with E-state index in [4.69, 9.17) is 0 Å². The van der Waals surface area contributed by atoms with Crippen molar-refractivity contribution in [2.75, 3.05) is 10.6 Å². The van der Waals surface area contributed by atoms with Crippen LogP contribution >= 0.6 is 0 Å². The smallest absolute Gasteiger partial charge is 0.159 e. The molecule has 0 bridgehead atoms. The molecule has 0 radical (unpaired) electrons. The van der Waals surface area contributed by atoms with Crippen molar-refractivity contribution in [3.8, 4) is 23.0 Å². The monoisotopic (exact) mass is 324 g/mol. The van der Waals surface area contributed by atoms with Gasteiger partial charge in [0.05, 0.1) is 0 Å². The Balaban J connectivity index is 1.70. The predicted molar refractivity (Wildman–Crippen MR) is 92.6 cm³/mol. The fraction of sp³-hybridized carbons (Fsp3) is 0. The third-order valence-electron chi connectivity index (χ3n) is 3.41. The molecular weight excluding hydrogens is 308 g/mol. The normalized spacial score (nSPS) is 10.3. The molecule has 6 heteroatoms. The van der Waals surface area contributed by atoms with Gasteiger partial charge in [0.1, 0.15) is 0 Å². The second kappa shape index (κ2) is 6.29. The summed E-state index contributed by atoms with van der Waals surface area (Å²) in [5.41, 5.74) is 2.90. The number of rotatable bonds is 4. The Kier molecular flexibility index (Phi) is 4.03. The third-order valence-corrected chi connectivity index (χ3v) is 3.41. The van der Waals surface area contributed by atoms with Crippen molar-refractivity contribution in [3.05, 3.63) is 60.7 Å². The average Bonchev–Trinajstić information content (AvgIpc) is 2.56. The molecule has 0 aliphatic heterocycles. The first-order valence-corrected chi connectivity index (χ1v) is 7.19. The number of phenols is 4. The minimum atomic E-state index is -0.189. The standard InChI is InChI=1S/C18H16N2O4/c21-15-7-5-13(9-17(15)23)19-11-1-2-12(4-3-11)20-14-6-8-16(22)18(24)10-14/h1-10,19-24H. The highest BCUT2D eigenvalue weighted by Gasteiger charge is 2.03. The maximum atomic E-state index is 9.49. The number of benzene rings is 3. The Morgan fingerprint density at radius 3 is 1.08 bits per heavy atom. The van der Waals surface area contributed by atoms with E-state index in [-0.39, 0.29) is 23.0 Å². The van der Waals surface area contributed by atoms with Gasteiger partial charge >= 0.3 is 0 Å². The van der Waals surface area contributed by atoms with Gasteiger partial charge in [0.25, 0.3) is 0 Å². The molecule has 3 aromatic carbocycles. The van der Waals surface area contributed by atoms with Crippen LogP contribution in [-0.4, -0.2) is 20.4 Å². The Morgan fingerprint density at radius 2 is 0.750 bits per heavy atom. The molecule has 0 heterocycles. The molecule has 0 spiro atoms.